The van der Waals surface area contributed by atoms with Crippen LogP contribution in [-0.4, -0.2) is 24.4 Å². The van der Waals surface area contributed by atoms with Crippen molar-refractivity contribution in [1.29, 1.82) is 0 Å². The van der Waals surface area contributed by atoms with Crippen LogP contribution in [0.1, 0.15) is 24.1 Å². The van der Waals surface area contributed by atoms with Gasteiger partial charge in [-0.3, -0.25) is 4.79 Å². The largest absolute Gasteiger partial charge is 0.345 e. The van der Waals surface area contributed by atoms with Gasteiger partial charge in [0.05, 0.1) is 5.92 Å². The minimum Gasteiger partial charge on any atom is -0.345 e. The van der Waals surface area contributed by atoms with Crippen molar-refractivity contribution in [2.45, 2.75) is 19.4 Å². The van der Waals surface area contributed by atoms with Gasteiger partial charge in [-0.2, -0.15) is 0 Å². The average Bonchev–Trinajstić information content (AvgIpc) is 2.59. The number of amides is 1. The van der Waals surface area contributed by atoms with Crippen LogP contribution >= 0.6 is 12.4 Å². The van der Waals surface area contributed by atoms with Crippen molar-refractivity contribution >= 4 is 18.3 Å². The first-order valence-corrected chi connectivity index (χ1v) is 7.79. The predicted octanol–water partition coefficient (Wildman–Crippen LogP) is 3.58. The molecule has 0 aliphatic rings. The molecule has 2 aromatic carbocycles. The molecule has 0 spiro atoms. The standard InChI is InChI=1S/C19H23FN2O.ClH/c1-14(18(21)16-6-4-3-5-7-16)19(23)22(2)13-12-15-8-10-17(20)11-9-15;/h3-11,14,18H,12-13,21H2,1-2H3;1H. The Morgan fingerprint density at radius 1 is 1.12 bits per heavy atom. The molecule has 0 aliphatic heterocycles. The lowest BCUT2D eigenvalue weighted by molar-refractivity contribution is -0.134. The van der Waals surface area contributed by atoms with Gasteiger partial charge in [0, 0.05) is 19.6 Å². The van der Waals surface area contributed by atoms with E-state index in [1.54, 1.807) is 24.1 Å². The summed E-state index contributed by atoms with van der Waals surface area (Å²) in [4.78, 5) is 14.2. The predicted molar refractivity (Wildman–Crippen MR) is 97.5 cm³/mol. The number of nitrogens with two attached hydrogens (primary N) is 1. The molecule has 2 atom stereocenters. The minimum absolute atomic E-state index is 0. The van der Waals surface area contributed by atoms with Gasteiger partial charge in [0.15, 0.2) is 0 Å². The Morgan fingerprint density at radius 3 is 2.29 bits per heavy atom. The fourth-order valence-corrected chi connectivity index (χ4v) is 2.52. The van der Waals surface area contributed by atoms with Gasteiger partial charge in [0.25, 0.3) is 0 Å². The molecule has 130 valence electrons. The smallest absolute Gasteiger partial charge is 0.227 e. The molecule has 5 heteroatoms. The number of carbonyl (C=O) groups is 1. The SMILES string of the molecule is CC(C(=O)N(C)CCc1ccc(F)cc1)C(N)c1ccccc1.Cl. The van der Waals surface area contributed by atoms with E-state index in [-0.39, 0.29) is 36.1 Å². The Balaban J connectivity index is 0.00000288. The summed E-state index contributed by atoms with van der Waals surface area (Å²) < 4.78 is 12.9. The number of likely N-dealkylation sites (N-methyl/N-ethyl adjacent to an activating group) is 1. The third kappa shape index (κ3) is 5.32. The molecule has 0 heterocycles. The zero-order valence-corrected chi connectivity index (χ0v) is 14.8. The van der Waals surface area contributed by atoms with Crippen molar-refractivity contribution in [3.63, 3.8) is 0 Å². The van der Waals surface area contributed by atoms with Crippen molar-refractivity contribution in [3.05, 3.63) is 71.5 Å². The van der Waals surface area contributed by atoms with E-state index >= 15 is 0 Å². The van der Waals surface area contributed by atoms with E-state index in [1.807, 2.05) is 37.3 Å². The van der Waals surface area contributed by atoms with E-state index in [4.69, 9.17) is 5.73 Å². The normalized spacial score (nSPS) is 12.8. The summed E-state index contributed by atoms with van der Waals surface area (Å²) in [6.07, 6.45) is 0.690. The molecule has 0 radical (unpaired) electrons. The van der Waals surface area contributed by atoms with Crippen molar-refractivity contribution < 1.29 is 9.18 Å². The number of carbonyl (C=O) groups excluding carboxylic acids is 1. The van der Waals surface area contributed by atoms with Crippen molar-refractivity contribution in [2.75, 3.05) is 13.6 Å². The quantitative estimate of drug-likeness (QED) is 0.865. The molecular weight excluding hydrogens is 327 g/mol. The summed E-state index contributed by atoms with van der Waals surface area (Å²) in [5.74, 6) is -0.528. The molecule has 3 nitrogen and oxygen atoms in total. The molecule has 0 aliphatic carbocycles. The van der Waals surface area contributed by atoms with Crippen LogP contribution in [0.25, 0.3) is 0 Å². The second kappa shape index (κ2) is 9.40. The highest BCUT2D eigenvalue weighted by Crippen LogP contribution is 2.20. The maximum absolute atomic E-state index is 12.9. The molecule has 0 saturated carbocycles. The van der Waals surface area contributed by atoms with Gasteiger partial charge in [0.2, 0.25) is 5.91 Å². The molecule has 24 heavy (non-hydrogen) atoms. The van der Waals surface area contributed by atoms with Gasteiger partial charge < -0.3 is 10.6 Å². The van der Waals surface area contributed by atoms with Gasteiger partial charge in [-0.1, -0.05) is 49.4 Å². The van der Waals surface area contributed by atoms with Crippen LogP contribution < -0.4 is 5.73 Å². The van der Waals surface area contributed by atoms with E-state index in [1.165, 1.54) is 12.1 Å². The number of nitrogens with zero attached hydrogens (tertiary/aromatic N) is 1. The van der Waals surface area contributed by atoms with Crippen LogP contribution in [0.2, 0.25) is 0 Å². The number of hydrogen-bond donors (Lipinski definition) is 1. The molecule has 2 unspecified atom stereocenters. The highest BCUT2D eigenvalue weighted by molar-refractivity contribution is 5.85. The topological polar surface area (TPSA) is 46.3 Å². The lowest BCUT2D eigenvalue weighted by Crippen LogP contribution is -2.38. The number of rotatable bonds is 6. The van der Waals surface area contributed by atoms with Crippen LogP contribution in [0.5, 0.6) is 0 Å². The summed E-state index contributed by atoms with van der Waals surface area (Å²) in [6.45, 7) is 2.44. The Kier molecular flexibility index (Phi) is 7.89. The van der Waals surface area contributed by atoms with Gasteiger partial charge >= 0.3 is 0 Å². The Labute approximate surface area is 149 Å². The van der Waals surface area contributed by atoms with Gasteiger partial charge in [0.1, 0.15) is 5.82 Å². The highest BCUT2D eigenvalue weighted by atomic mass is 35.5. The Bertz CT molecular complexity index is 634. The average molecular weight is 351 g/mol. The van der Waals surface area contributed by atoms with Crippen LogP contribution in [0.3, 0.4) is 0 Å². The highest BCUT2D eigenvalue weighted by Gasteiger charge is 2.24. The lowest BCUT2D eigenvalue weighted by Gasteiger charge is -2.25. The van der Waals surface area contributed by atoms with Gasteiger partial charge in [-0.05, 0) is 29.7 Å². The Morgan fingerprint density at radius 2 is 1.71 bits per heavy atom. The molecule has 2 rings (SSSR count). The Hall–Kier alpha value is -1.91. The lowest BCUT2D eigenvalue weighted by atomic mass is 9.94. The monoisotopic (exact) mass is 350 g/mol. The zero-order chi connectivity index (χ0) is 16.8. The van der Waals surface area contributed by atoms with E-state index in [2.05, 4.69) is 0 Å². The fraction of sp³-hybridized carbons (Fsp3) is 0.316. The maximum Gasteiger partial charge on any atom is 0.227 e. The molecule has 0 bridgehead atoms. The van der Waals surface area contributed by atoms with Crippen molar-refractivity contribution in [3.8, 4) is 0 Å². The number of hydrogen-bond acceptors (Lipinski definition) is 2. The maximum atomic E-state index is 12.9. The molecule has 0 saturated heterocycles. The van der Waals surface area contributed by atoms with E-state index in [9.17, 15) is 9.18 Å². The summed E-state index contributed by atoms with van der Waals surface area (Å²) in [7, 11) is 1.78. The number of benzene rings is 2. The van der Waals surface area contributed by atoms with Gasteiger partial charge in [-0.15, -0.1) is 12.4 Å². The summed E-state index contributed by atoms with van der Waals surface area (Å²) in [5.41, 5.74) is 8.18. The summed E-state index contributed by atoms with van der Waals surface area (Å²) in [5, 5.41) is 0. The fourth-order valence-electron chi connectivity index (χ4n) is 2.52. The molecule has 0 fully saturated rings. The van der Waals surface area contributed by atoms with Crippen LogP contribution in [-0.2, 0) is 11.2 Å². The van der Waals surface area contributed by atoms with Crippen LogP contribution in [0.4, 0.5) is 4.39 Å². The minimum atomic E-state index is -0.322. The van der Waals surface area contributed by atoms with Crippen molar-refractivity contribution in [1.82, 2.24) is 4.90 Å². The zero-order valence-electron chi connectivity index (χ0n) is 14.0. The van der Waals surface area contributed by atoms with E-state index in [0.29, 0.717) is 13.0 Å². The first-order valence-electron chi connectivity index (χ1n) is 7.79. The molecule has 1 amide bonds. The third-order valence-electron chi connectivity index (χ3n) is 4.14. The van der Waals surface area contributed by atoms with Gasteiger partial charge in [-0.25, -0.2) is 4.39 Å². The third-order valence-corrected chi connectivity index (χ3v) is 4.14. The second-order valence-corrected chi connectivity index (χ2v) is 5.86. The summed E-state index contributed by atoms with van der Waals surface area (Å²) >= 11 is 0. The second-order valence-electron chi connectivity index (χ2n) is 5.86. The van der Waals surface area contributed by atoms with E-state index in [0.717, 1.165) is 11.1 Å². The number of halogens is 2. The molecule has 2 N–H and O–H groups in total. The molecule has 2 aromatic rings. The first-order chi connectivity index (χ1) is 11.0. The summed E-state index contributed by atoms with van der Waals surface area (Å²) in [6, 6.07) is 15.7. The first kappa shape index (κ1) is 20.1. The van der Waals surface area contributed by atoms with Crippen LogP contribution in [0.15, 0.2) is 54.6 Å². The van der Waals surface area contributed by atoms with E-state index < -0.39 is 0 Å². The van der Waals surface area contributed by atoms with Crippen molar-refractivity contribution in [2.24, 2.45) is 11.7 Å². The van der Waals surface area contributed by atoms with Crippen LogP contribution in [0, 0.1) is 11.7 Å². The molecular formula is C19H24ClFN2O. The molecule has 0 aromatic heterocycles.